The fraction of sp³-hybridized carbons (Fsp3) is 0.381. The van der Waals surface area contributed by atoms with Crippen molar-refractivity contribution in [3.05, 3.63) is 54.4 Å². The predicted octanol–water partition coefficient (Wildman–Crippen LogP) is 3.43. The van der Waals surface area contributed by atoms with Crippen LogP contribution in [0.4, 0.5) is 23.7 Å². The van der Waals surface area contributed by atoms with Crippen LogP contribution in [0.5, 0.6) is 5.75 Å². The van der Waals surface area contributed by atoms with Crippen LogP contribution in [0, 0.1) is 0 Å². The number of urea groups is 1. The third-order valence-corrected chi connectivity index (χ3v) is 5.09. The molecule has 0 aliphatic carbocycles. The molecule has 1 fully saturated rings. The SMILES string of the molecule is COc1ccc(C2CN(C)CCC2N(OC(=O)C(F)(F)F)C(=O)Nc2ccccc2)nc1. The van der Waals surface area contributed by atoms with Crippen LogP contribution in [0.15, 0.2) is 48.7 Å². The number of para-hydroxylation sites is 1. The summed E-state index contributed by atoms with van der Waals surface area (Å²) in [6, 6.07) is 9.65. The Balaban J connectivity index is 1.93. The van der Waals surface area contributed by atoms with E-state index < -0.39 is 30.1 Å². The summed E-state index contributed by atoms with van der Waals surface area (Å²) >= 11 is 0. The number of nitrogens with zero attached hydrogens (tertiary/aromatic N) is 3. The van der Waals surface area contributed by atoms with E-state index in [0.717, 1.165) is 0 Å². The quantitative estimate of drug-likeness (QED) is 0.716. The number of likely N-dealkylation sites (tertiary alicyclic amines) is 1. The van der Waals surface area contributed by atoms with Gasteiger partial charge in [-0.1, -0.05) is 18.2 Å². The highest BCUT2D eigenvalue weighted by Gasteiger charge is 2.46. The molecule has 0 saturated carbocycles. The van der Waals surface area contributed by atoms with Crippen molar-refractivity contribution in [3.63, 3.8) is 0 Å². The number of methoxy groups -OCH3 is 1. The maximum absolute atomic E-state index is 13.0. The largest absolute Gasteiger partial charge is 0.495 e. The Morgan fingerprint density at radius 2 is 1.91 bits per heavy atom. The molecule has 8 nitrogen and oxygen atoms in total. The van der Waals surface area contributed by atoms with E-state index in [2.05, 4.69) is 15.1 Å². The first-order valence-electron chi connectivity index (χ1n) is 9.82. The van der Waals surface area contributed by atoms with Crippen LogP contribution in [0.1, 0.15) is 18.0 Å². The molecule has 0 radical (unpaired) electrons. The molecule has 2 amide bonds. The Hall–Kier alpha value is -3.34. The number of nitrogens with one attached hydrogen (secondary N) is 1. The second kappa shape index (κ2) is 9.86. The molecule has 1 aliphatic rings. The first-order chi connectivity index (χ1) is 15.2. The van der Waals surface area contributed by atoms with Gasteiger partial charge >= 0.3 is 18.2 Å². The number of rotatable bonds is 4. The summed E-state index contributed by atoms with van der Waals surface area (Å²) in [5.41, 5.74) is 0.875. The fourth-order valence-electron chi connectivity index (χ4n) is 3.51. The van der Waals surface area contributed by atoms with Crippen molar-refractivity contribution >= 4 is 17.7 Å². The van der Waals surface area contributed by atoms with Crippen molar-refractivity contribution in [1.29, 1.82) is 0 Å². The van der Waals surface area contributed by atoms with E-state index in [1.54, 1.807) is 42.5 Å². The van der Waals surface area contributed by atoms with E-state index in [1.165, 1.54) is 13.3 Å². The lowest BCUT2D eigenvalue weighted by Crippen LogP contribution is -2.54. The van der Waals surface area contributed by atoms with Gasteiger partial charge in [0.05, 0.1) is 19.3 Å². The number of aromatic nitrogens is 1. The number of amides is 2. The van der Waals surface area contributed by atoms with E-state index in [9.17, 15) is 22.8 Å². The average Bonchev–Trinajstić information content (AvgIpc) is 2.77. The molecule has 3 rings (SSSR count). The normalized spacial score (nSPS) is 19.2. The van der Waals surface area contributed by atoms with Gasteiger partial charge in [0.2, 0.25) is 0 Å². The van der Waals surface area contributed by atoms with Gasteiger partial charge in [0, 0.05) is 23.8 Å². The molecular weight excluding hydrogens is 429 g/mol. The average molecular weight is 452 g/mol. The zero-order chi connectivity index (χ0) is 23.3. The van der Waals surface area contributed by atoms with Crippen LogP contribution < -0.4 is 10.1 Å². The molecule has 172 valence electrons. The van der Waals surface area contributed by atoms with E-state index >= 15 is 0 Å². The van der Waals surface area contributed by atoms with Crippen LogP contribution in [0.3, 0.4) is 0 Å². The van der Waals surface area contributed by atoms with E-state index in [4.69, 9.17) is 4.74 Å². The summed E-state index contributed by atoms with van der Waals surface area (Å²) in [7, 11) is 3.34. The zero-order valence-electron chi connectivity index (χ0n) is 17.5. The minimum atomic E-state index is -5.26. The zero-order valence-corrected chi connectivity index (χ0v) is 17.5. The number of ether oxygens (including phenoxy) is 1. The molecule has 1 aliphatic heterocycles. The van der Waals surface area contributed by atoms with Gasteiger partial charge in [-0.25, -0.2) is 9.59 Å². The molecule has 32 heavy (non-hydrogen) atoms. The van der Waals surface area contributed by atoms with Crippen LogP contribution in [-0.4, -0.2) is 66.4 Å². The van der Waals surface area contributed by atoms with Crippen molar-refractivity contribution in [1.82, 2.24) is 14.9 Å². The molecule has 1 N–H and O–H groups in total. The number of likely N-dealkylation sites (N-methyl/N-ethyl adjacent to an activating group) is 1. The van der Waals surface area contributed by atoms with Crippen molar-refractivity contribution in [3.8, 4) is 5.75 Å². The molecule has 0 bridgehead atoms. The third kappa shape index (κ3) is 5.67. The summed E-state index contributed by atoms with van der Waals surface area (Å²) in [6.07, 6.45) is -3.51. The van der Waals surface area contributed by atoms with Crippen molar-refractivity contribution in [2.45, 2.75) is 24.6 Å². The molecule has 11 heteroatoms. The van der Waals surface area contributed by atoms with Gasteiger partial charge < -0.3 is 19.8 Å². The highest BCUT2D eigenvalue weighted by atomic mass is 19.4. The van der Waals surface area contributed by atoms with Crippen molar-refractivity contribution in [2.75, 3.05) is 32.6 Å². The van der Waals surface area contributed by atoms with Crippen molar-refractivity contribution in [2.24, 2.45) is 0 Å². The number of alkyl halides is 3. The number of piperidine rings is 1. The fourth-order valence-corrected chi connectivity index (χ4v) is 3.51. The molecule has 2 aromatic rings. The van der Waals surface area contributed by atoms with Gasteiger partial charge in [-0.3, -0.25) is 4.98 Å². The molecule has 2 unspecified atom stereocenters. The minimum absolute atomic E-state index is 0.266. The summed E-state index contributed by atoms with van der Waals surface area (Å²) in [5.74, 6) is -2.47. The number of benzene rings is 1. The number of carbonyl (C=O) groups excluding carboxylic acids is 2. The van der Waals surface area contributed by atoms with Crippen LogP contribution in [-0.2, 0) is 9.63 Å². The minimum Gasteiger partial charge on any atom is -0.495 e. The maximum Gasteiger partial charge on any atom is 0.493 e. The lowest BCUT2D eigenvalue weighted by Gasteiger charge is -2.40. The summed E-state index contributed by atoms with van der Waals surface area (Å²) < 4.78 is 44.0. The first kappa shape index (κ1) is 23.3. The molecular formula is C21H23F3N4O4. The second-order valence-electron chi connectivity index (χ2n) is 7.35. The van der Waals surface area contributed by atoms with Gasteiger partial charge in [-0.15, -0.1) is 5.06 Å². The molecule has 1 aromatic carbocycles. The Kier molecular flexibility index (Phi) is 7.18. The lowest BCUT2D eigenvalue weighted by atomic mass is 9.89. The number of anilines is 1. The number of pyridine rings is 1. The Bertz CT molecular complexity index is 925. The Morgan fingerprint density at radius 3 is 2.50 bits per heavy atom. The van der Waals surface area contributed by atoms with Crippen molar-refractivity contribution < 1.29 is 32.3 Å². The highest BCUT2D eigenvalue weighted by molar-refractivity contribution is 5.90. The van der Waals surface area contributed by atoms with Crippen LogP contribution >= 0.6 is 0 Å². The molecule has 1 aromatic heterocycles. The highest BCUT2D eigenvalue weighted by Crippen LogP contribution is 2.32. The Morgan fingerprint density at radius 1 is 1.19 bits per heavy atom. The van der Waals surface area contributed by atoms with E-state index in [1.807, 2.05) is 11.9 Å². The molecule has 0 spiro atoms. The number of halogens is 3. The summed E-state index contributed by atoms with van der Waals surface area (Å²) in [4.78, 5) is 35.5. The van der Waals surface area contributed by atoms with Gasteiger partial charge in [-0.2, -0.15) is 13.2 Å². The smallest absolute Gasteiger partial charge is 0.493 e. The molecule has 1 saturated heterocycles. The standard InChI is InChI=1S/C21H23F3N4O4/c1-27-11-10-18(16(13-27)17-9-8-15(31-2)12-25-17)28(32-19(29)21(22,23)24)20(30)26-14-6-4-3-5-7-14/h3-9,12,16,18H,10-11,13H2,1-2H3,(H,26,30). The van der Waals surface area contributed by atoms with Crippen LogP contribution in [0.25, 0.3) is 0 Å². The monoisotopic (exact) mass is 452 g/mol. The predicted molar refractivity (Wildman–Crippen MR) is 109 cm³/mol. The summed E-state index contributed by atoms with van der Waals surface area (Å²) in [5, 5.41) is 2.98. The second-order valence-corrected chi connectivity index (χ2v) is 7.35. The molecule has 2 atom stereocenters. The van der Waals surface area contributed by atoms with Crippen LogP contribution in [0.2, 0.25) is 0 Å². The topological polar surface area (TPSA) is 84.0 Å². The Labute approximate surface area is 182 Å². The maximum atomic E-state index is 13.0. The number of hydrogen-bond donors (Lipinski definition) is 1. The number of carbonyl (C=O) groups is 2. The molecule has 2 heterocycles. The summed E-state index contributed by atoms with van der Waals surface area (Å²) in [6.45, 7) is 0.874. The van der Waals surface area contributed by atoms with Gasteiger partial charge in [0.25, 0.3) is 0 Å². The number of hydrogen-bond acceptors (Lipinski definition) is 6. The van der Waals surface area contributed by atoms with E-state index in [-0.39, 0.29) is 6.42 Å². The lowest BCUT2D eigenvalue weighted by molar-refractivity contribution is -0.235. The van der Waals surface area contributed by atoms with Gasteiger partial charge in [0.15, 0.2) is 0 Å². The van der Waals surface area contributed by atoms with E-state index in [0.29, 0.717) is 35.3 Å². The van der Waals surface area contributed by atoms with Gasteiger partial charge in [-0.05, 0) is 44.3 Å². The number of hydroxylamine groups is 2. The first-order valence-corrected chi connectivity index (χ1v) is 9.82. The third-order valence-electron chi connectivity index (χ3n) is 5.09. The van der Waals surface area contributed by atoms with Gasteiger partial charge in [0.1, 0.15) is 5.75 Å².